The van der Waals surface area contributed by atoms with Crippen LogP contribution in [0, 0.1) is 5.92 Å². The highest BCUT2D eigenvalue weighted by Crippen LogP contribution is 2.41. The van der Waals surface area contributed by atoms with Crippen LogP contribution >= 0.6 is 0 Å². The lowest BCUT2D eigenvalue weighted by Gasteiger charge is -2.18. The third-order valence-corrected chi connectivity index (χ3v) is 3.50. The number of ether oxygens (including phenoxy) is 1. The Morgan fingerprint density at radius 3 is 2.86 bits per heavy atom. The van der Waals surface area contributed by atoms with Crippen molar-refractivity contribution in [1.82, 2.24) is 0 Å². The third-order valence-electron chi connectivity index (χ3n) is 3.50. The molecule has 2 nitrogen and oxygen atoms in total. The van der Waals surface area contributed by atoms with Gasteiger partial charge in [0.2, 0.25) is 0 Å². The number of hydrogen-bond donors (Lipinski definition) is 0. The minimum Gasteiger partial charge on any atom is -0.370 e. The molecule has 2 fully saturated rings. The number of carbonyl (C=O) groups is 1. The molecule has 3 atom stereocenters. The van der Waals surface area contributed by atoms with Crippen molar-refractivity contribution in [1.29, 1.82) is 0 Å². The summed E-state index contributed by atoms with van der Waals surface area (Å²) in [4.78, 5) is 10.7. The van der Waals surface area contributed by atoms with Gasteiger partial charge in [0.05, 0.1) is 12.2 Å². The van der Waals surface area contributed by atoms with Gasteiger partial charge in [-0.1, -0.05) is 12.8 Å². The molecule has 0 radical (unpaired) electrons. The van der Waals surface area contributed by atoms with Crippen molar-refractivity contribution in [3.63, 3.8) is 0 Å². The molecule has 1 aliphatic carbocycles. The summed E-state index contributed by atoms with van der Waals surface area (Å²) in [5, 5.41) is 0. The SMILES string of the molecule is CC(=O)CCCCC1CCC2OC2C1. The van der Waals surface area contributed by atoms with Gasteiger partial charge in [0.25, 0.3) is 0 Å². The zero-order chi connectivity index (χ0) is 9.97. The zero-order valence-electron chi connectivity index (χ0n) is 9.00. The van der Waals surface area contributed by atoms with E-state index in [9.17, 15) is 4.79 Å². The molecule has 0 spiro atoms. The van der Waals surface area contributed by atoms with E-state index < -0.39 is 0 Å². The molecule has 1 saturated heterocycles. The highest BCUT2D eigenvalue weighted by atomic mass is 16.6. The van der Waals surface area contributed by atoms with Crippen LogP contribution in [0.4, 0.5) is 0 Å². The molecule has 0 aromatic rings. The molecule has 0 aromatic carbocycles. The molecule has 1 heterocycles. The van der Waals surface area contributed by atoms with Gasteiger partial charge in [-0.05, 0) is 38.5 Å². The van der Waals surface area contributed by atoms with Crippen LogP contribution in [0.2, 0.25) is 0 Å². The van der Waals surface area contributed by atoms with E-state index in [2.05, 4.69) is 0 Å². The van der Waals surface area contributed by atoms with E-state index >= 15 is 0 Å². The fourth-order valence-electron chi connectivity index (χ4n) is 2.56. The number of hydrogen-bond acceptors (Lipinski definition) is 2. The molecule has 0 N–H and O–H groups in total. The molecule has 80 valence electrons. The predicted molar refractivity (Wildman–Crippen MR) is 55.2 cm³/mol. The maximum absolute atomic E-state index is 10.7. The third kappa shape index (κ3) is 2.81. The summed E-state index contributed by atoms with van der Waals surface area (Å²) in [7, 11) is 0. The lowest BCUT2D eigenvalue weighted by atomic mass is 9.85. The van der Waals surface area contributed by atoms with Crippen molar-refractivity contribution in [2.24, 2.45) is 5.92 Å². The maximum Gasteiger partial charge on any atom is 0.129 e. The molecular weight excluding hydrogens is 176 g/mol. The minimum absolute atomic E-state index is 0.333. The molecule has 2 rings (SSSR count). The number of Topliss-reactive ketones (excluding diaryl/α,β-unsaturated/α-hetero) is 1. The van der Waals surface area contributed by atoms with Crippen molar-refractivity contribution < 1.29 is 9.53 Å². The van der Waals surface area contributed by atoms with Crippen molar-refractivity contribution in [3.05, 3.63) is 0 Å². The molecule has 2 aliphatic rings. The first-order valence-electron chi connectivity index (χ1n) is 5.90. The molecule has 1 saturated carbocycles. The Kier molecular flexibility index (Phi) is 3.22. The first-order valence-corrected chi connectivity index (χ1v) is 5.90. The predicted octanol–water partition coefficient (Wildman–Crippen LogP) is 2.70. The molecule has 14 heavy (non-hydrogen) atoms. The quantitative estimate of drug-likeness (QED) is 0.500. The monoisotopic (exact) mass is 196 g/mol. The summed E-state index contributed by atoms with van der Waals surface area (Å²) in [5.41, 5.74) is 0. The largest absolute Gasteiger partial charge is 0.370 e. The second kappa shape index (κ2) is 4.43. The molecule has 1 aliphatic heterocycles. The van der Waals surface area contributed by atoms with Gasteiger partial charge in [0.15, 0.2) is 0 Å². The Morgan fingerprint density at radius 2 is 2.14 bits per heavy atom. The van der Waals surface area contributed by atoms with Gasteiger partial charge in [0, 0.05) is 6.42 Å². The number of rotatable bonds is 5. The second-order valence-electron chi connectivity index (χ2n) is 4.84. The number of unbranched alkanes of at least 4 members (excludes halogenated alkanes) is 1. The summed E-state index contributed by atoms with van der Waals surface area (Å²) < 4.78 is 5.50. The van der Waals surface area contributed by atoms with Gasteiger partial charge >= 0.3 is 0 Å². The van der Waals surface area contributed by atoms with Crippen LogP contribution in [0.5, 0.6) is 0 Å². The van der Waals surface area contributed by atoms with E-state index in [1.807, 2.05) is 0 Å². The Balaban J connectivity index is 1.54. The summed E-state index contributed by atoms with van der Waals surface area (Å²) >= 11 is 0. The molecule has 3 unspecified atom stereocenters. The summed E-state index contributed by atoms with van der Waals surface area (Å²) in [6, 6.07) is 0. The summed E-state index contributed by atoms with van der Waals surface area (Å²) in [5.74, 6) is 1.21. The molecule has 0 bridgehead atoms. The van der Waals surface area contributed by atoms with Gasteiger partial charge in [-0.2, -0.15) is 0 Å². The summed E-state index contributed by atoms with van der Waals surface area (Å²) in [6.45, 7) is 1.68. The highest BCUT2D eigenvalue weighted by Gasteiger charge is 2.43. The average molecular weight is 196 g/mol. The van der Waals surface area contributed by atoms with Crippen LogP contribution in [0.25, 0.3) is 0 Å². The number of epoxide rings is 1. The maximum atomic E-state index is 10.7. The van der Waals surface area contributed by atoms with Crippen LogP contribution < -0.4 is 0 Å². The van der Waals surface area contributed by atoms with E-state index in [1.165, 1.54) is 32.1 Å². The Bertz CT molecular complexity index is 212. The molecule has 0 aromatic heterocycles. The number of ketones is 1. The van der Waals surface area contributed by atoms with Crippen molar-refractivity contribution >= 4 is 5.78 Å². The fraction of sp³-hybridized carbons (Fsp3) is 0.917. The van der Waals surface area contributed by atoms with Crippen molar-refractivity contribution in [2.45, 2.75) is 64.1 Å². The Morgan fingerprint density at radius 1 is 1.29 bits per heavy atom. The van der Waals surface area contributed by atoms with E-state index in [1.54, 1.807) is 6.92 Å². The normalized spacial score (nSPS) is 35.1. The Labute approximate surface area is 86.0 Å². The van der Waals surface area contributed by atoms with Crippen molar-refractivity contribution in [2.75, 3.05) is 0 Å². The zero-order valence-corrected chi connectivity index (χ0v) is 9.00. The van der Waals surface area contributed by atoms with Gasteiger partial charge in [-0.3, -0.25) is 0 Å². The molecule has 2 heteroatoms. The topological polar surface area (TPSA) is 29.6 Å². The van der Waals surface area contributed by atoms with Gasteiger partial charge in [-0.15, -0.1) is 0 Å². The van der Waals surface area contributed by atoms with Gasteiger partial charge in [0.1, 0.15) is 5.78 Å². The second-order valence-corrected chi connectivity index (χ2v) is 4.84. The average Bonchev–Trinajstić information content (AvgIpc) is 2.90. The first kappa shape index (κ1) is 10.2. The number of carbonyl (C=O) groups excluding carboxylic acids is 1. The van der Waals surface area contributed by atoms with Gasteiger partial charge < -0.3 is 9.53 Å². The standard InChI is InChI=1S/C12H20O2/c1-9(13)4-2-3-5-10-6-7-11-12(8-10)14-11/h10-12H,2-8H2,1H3. The fourth-order valence-corrected chi connectivity index (χ4v) is 2.56. The van der Waals surface area contributed by atoms with E-state index in [4.69, 9.17) is 4.74 Å². The summed E-state index contributed by atoms with van der Waals surface area (Å²) in [6.07, 6.45) is 9.54. The van der Waals surface area contributed by atoms with E-state index in [-0.39, 0.29) is 0 Å². The lowest BCUT2D eigenvalue weighted by Crippen LogP contribution is -2.13. The molecule has 0 amide bonds. The van der Waals surface area contributed by atoms with Crippen LogP contribution in [0.15, 0.2) is 0 Å². The minimum atomic E-state index is 0.333. The van der Waals surface area contributed by atoms with Gasteiger partial charge in [-0.25, -0.2) is 0 Å². The molecular formula is C12H20O2. The van der Waals surface area contributed by atoms with Crippen molar-refractivity contribution in [3.8, 4) is 0 Å². The van der Waals surface area contributed by atoms with Crippen LogP contribution in [-0.4, -0.2) is 18.0 Å². The van der Waals surface area contributed by atoms with Crippen LogP contribution in [0.3, 0.4) is 0 Å². The lowest BCUT2D eigenvalue weighted by molar-refractivity contribution is -0.117. The van der Waals surface area contributed by atoms with Crippen LogP contribution in [-0.2, 0) is 9.53 Å². The Hall–Kier alpha value is -0.370. The van der Waals surface area contributed by atoms with E-state index in [0.717, 1.165) is 18.8 Å². The first-order chi connectivity index (χ1) is 6.75. The van der Waals surface area contributed by atoms with Crippen LogP contribution in [0.1, 0.15) is 51.9 Å². The van der Waals surface area contributed by atoms with E-state index in [0.29, 0.717) is 18.0 Å². The smallest absolute Gasteiger partial charge is 0.129 e. The highest BCUT2D eigenvalue weighted by molar-refractivity contribution is 5.75. The number of fused-ring (bicyclic) bond motifs is 1.